The molecule has 0 aliphatic carbocycles. The van der Waals surface area contributed by atoms with Gasteiger partial charge in [0, 0.05) is 24.9 Å². The molecule has 1 aliphatic heterocycles. The predicted molar refractivity (Wildman–Crippen MR) is 75.8 cm³/mol. The number of piperidine rings is 1. The van der Waals surface area contributed by atoms with E-state index < -0.39 is 0 Å². The Morgan fingerprint density at radius 1 is 1.42 bits per heavy atom. The third-order valence-corrected chi connectivity index (χ3v) is 4.11. The van der Waals surface area contributed by atoms with Gasteiger partial charge in [0.1, 0.15) is 0 Å². The molecule has 0 atom stereocenters. The van der Waals surface area contributed by atoms with E-state index in [9.17, 15) is 4.79 Å². The highest BCUT2D eigenvalue weighted by Crippen LogP contribution is 2.32. The van der Waals surface area contributed by atoms with Gasteiger partial charge in [-0.2, -0.15) is 0 Å². The number of nitrogens with zero attached hydrogens (tertiary/aromatic N) is 1. The molecule has 2 N–H and O–H groups in total. The number of pyridine rings is 1. The van der Waals surface area contributed by atoms with Gasteiger partial charge in [0.2, 0.25) is 5.91 Å². The summed E-state index contributed by atoms with van der Waals surface area (Å²) in [5.74, 6) is 0.215. The van der Waals surface area contributed by atoms with Crippen LogP contribution in [0.25, 0.3) is 0 Å². The fraction of sp³-hybridized carbons (Fsp3) is 0.600. The maximum atomic E-state index is 12.4. The molecule has 0 aromatic carbocycles. The van der Waals surface area contributed by atoms with Crippen molar-refractivity contribution in [1.82, 2.24) is 15.6 Å². The molecule has 4 nitrogen and oxygen atoms in total. The van der Waals surface area contributed by atoms with Crippen molar-refractivity contribution in [3.05, 3.63) is 30.1 Å². The Morgan fingerprint density at radius 3 is 2.84 bits per heavy atom. The van der Waals surface area contributed by atoms with Crippen molar-refractivity contribution in [2.45, 2.75) is 32.6 Å². The SMILES string of the molecule is CCC1(C(=O)NCCc2ccccn2)CCNCC1. The molecule has 0 bridgehead atoms. The second-order valence-corrected chi connectivity index (χ2v) is 5.21. The Kier molecular flexibility index (Phi) is 4.91. The second-order valence-electron chi connectivity index (χ2n) is 5.21. The molecular formula is C15H23N3O. The van der Waals surface area contributed by atoms with Crippen molar-refractivity contribution in [1.29, 1.82) is 0 Å². The van der Waals surface area contributed by atoms with E-state index in [1.165, 1.54) is 0 Å². The molecule has 4 heteroatoms. The van der Waals surface area contributed by atoms with Crippen molar-refractivity contribution < 1.29 is 4.79 Å². The normalized spacial score (nSPS) is 17.9. The fourth-order valence-electron chi connectivity index (χ4n) is 2.68. The third kappa shape index (κ3) is 3.53. The van der Waals surface area contributed by atoms with Crippen LogP contribution in [-0.2, 0) is 11.2 Å². The van der Waals surface area contributed by atoms with Crippen molar-refractivity contribution in [2.75, 3.05) is 19.6 Å². The maximum absolute atomic E-state index is 12.4. The van der Waals surface area contributed by atoms with Crippen LogP contribution in [0.15, 0.2) is 24.4 Å². The van der Waals surface area contributed by atoms with Crippen LogP contribution in [0.3, 0.4) is 0 Å². The van der Waals surface area contributed by atoms with Crippen LogP contribution >= 0.6 is 0 Å². The van der Waals surface area contributed by atoms with Gasteiger partial charge in [0.25, 0.3) is 0 Å². The summed E-state index contributed by atoms with van der Waals surface area (Å²) in [6.07, 6.45) is 5.39. The first-order valence-electron chi connectivity index (χ1n) is 7.16. The monoisotopic (exact) mass is 261 g/mol. The average molecular weight is 261 g/mol. The van der Waals surface area contributed by atoms with E-state index in [-0.39, 0.29) is 11.3 Å². The van der Waals surface area contributed by atoms with Crippen molar-refractivity contribution >= 4 is 5.91 Å². The maximum Gasteiger partial charge on any atom is 0.226 e. The van der Waals surface area contributed by atoms with Crippen molar-refractivity contribution in [3.8, 4) is 0 Å². The van der Waals surface area contributed by atoms with Gasteiger partial charge in [-0.15, -0.1) is 0 Å². The average Bonchev–Trinajstić information content (AvgIpc) is 2.49. The van der Waals surface area contributed by atoms with Crippen LogP contribution < -0.4 is 10.6 Å². The van der Waals surface area contributed by atoms with Crippen molar-refractivity contribution in [3.63, 3.8) is 0 Å². The number of rotatable bonds is 5. The third-order valence-electron chi connectivity index (χ3n) is 4.11. The summed E-state index contributed by atoms with van der Waals surface area (Å²) >= 11 is 0. The summed E-state index contributed by atoms with van der Waals surface area (Å²) in [7, 11) is 0. The lowest BCUT2D eigenvalue weighted by Gasteiger charge is -2.35. The molecule has 1 aromatic rings. The zero-order chi connectivity index (χ0) is 13.6. The Morgan fingerprint density at radius 2 is 2.21 bits per heavy atom. The minimum atomic E-state index is -0.157. The molecule has 19 heavy (non-hydrogen) atoms. The number of aromatic nitrogens is 1. The lowest BCUT2D eigenvalue weighted by Crippen LogP contribution is -2.47. The number of carbonyl (C=O) groups excluding carboxylic acids is 1. The summed E-state index contributed by atoms with van der Waals surface area (Å²) in [6, 6.07) is 5.87. The Hall–Kier alpha value is -1.42. The molecule has 2 rings (SSSR count). The molecule has 0 unspecified atom stereocenters. The van der Waals surface area contributed by atoms with Crippen LogP contribution in [0.4, 0.5) is 0 Å². The Labute approximate surface area is 115 Å². The van der Waals surface area contributed by atoms with Crippen LogP contribution in [0.1, 0.15) is 31.9 Å². The van der Waals surface area contributed by atoms with Crippen LogP contribution in [0.5, 0.6) is 0 Å². The van der Waals surface area contributed by atoms with Gasteiger partial charge in [-0.3, -0.25) is 9.78 Å². The summed E-state index contributed by atoms with van der Waals surface area (Å²) < 4.78 is 0. The number of amides is 1. The minimum absolute atomic E-state index is 0.157. The molecule has 2 heterocycles. The zero-order valence-corrected chi connectivity index (χ0v) is 11.6. The van der Waals surface area contributed by atoms with Gasteiger partial charge in [0.05, 0.1) is 5.41 Å². The predicted octanol–water partition coefficient (Wildman–Crippen LogP) is 1.52. The molecule has 1 aliphatic rings. The van der Waals surface area contributed by atoms with Gasteiger partial charge in [0.15, 0.2) is 0 Å². The highest BCUT2D eigenvalue weighted by molar-refractivity contribution is 5.82. The summed E-state index contributed by atoms with van der Waals surface area (Å²) in [5.41, 5.74) is 0.869. The van der Waals surface area contributed by atoms with E-state index in [1.807, 2.05) is 18.2 Å². The van der Waals surface area contributed by atoms with Crippen LogP contribution in [0.2, 0.25) is 0 Å². The first-order chi connectivity index (χ1) is 9.27. The van der Waals surface area contributed by atoms with E-state index in [2.05, 4.69) is 22.5 Å². The standard InChI is InChI=1S/C15H23N3O/c1-2-15(7-11-16-12-8-15)14(19)18-10-6-13-5-3-4-9-17-13/h3-5,9,16H,2,6-8,10-12H2,1H3,(H,18,19). The van der Waals surface area contributed by atoms with E-state index in [1.54, 1.807) is 6.20 Å². The Balaban J connectivity index is 1.83. The van der Waals surface area contributed by atoms with Gasteiger partial charge < -0.3 is 10.6 Å². The Bertz CT molecular complexity index is 399. The van der Waals surface area contributed by atoms with E-state index in [4.69, 9.17) is 0 Å². The molecule has 1 saturated heterocycles. The first-order valence-corrected chi connectivity index (χ1v) is 7.16. The van der Waals surface area contributed by atoms with Gasteiger partial charge in [-0.1, -0.05) is 13.0 Å². The smallest absolute Gasteiger partial charge is 0.226 e. The first kappa shape index (κ1) is 14.0. The molecule has 0 radical (unpaired) electrons. The molecular weight excluding hydrogens is 238 g/mol. The second kappa shape index (κ2) is 6.66. The van der Waals surface area contributed by atoms with Gasteiger partial charge in [-0.25, -0.2) is 0 Å². The number of nitrogens with one attached hydrogen (secondary N) is 2. The fourth-order valence-corrected chi connectivity index (χ4v) is 2.68. The molecule has 1 aromatic heterocycles. The molecule has 1 fully saturated rings. The van der Waals surface area contributed by atoms with E-state index in [0.29, 0.717) is 6.54 Å². The van der Waals surface area contributed by atoms with Crippen molar-refractivity contribution in [2.24, 2.45) is 5.41 Å². The topological polar surface area (TPSA) is 54.0 Å². The molecule has 0 saturated carbocycles. The largest absolute Gasteiger partial charge is 0.355 e. The lowest BCUT2D eigenvalue weighted by atomic mass is 9.76. The zero-order valence-electron chi connectivity index (χ0n) is 11.6. The van der Waals surface area contributed by atoms with Gasteiger partial charge >= 0.3 is 0 Å². The summed E-state index contributed by atoms with van der Waals surface area (Å²) in [6.45, 7) is 4.68. The van der Waals surface area contributed by atoms with Crippen LogP contribution in [-0.4, -0.2) is 30.5 Å². The molecule has 1 amide bonds. The highest BCUT2D eigenvalue weighted by Gasteiger charge is 2.37. The van der Waals surface area contributed by atoms with Gasteiger partial charge in [-0.05, 0) is 44.5 Å². The summed E-state index contributed by atoms with van der Waals surface area (Å²) in [4.78, 5) is 16.6. The summed E-state index contributed by atoms with van der Waals surface area (Å²) in [5, 5.41) is 6.41. The van der Waals surface area contributed by atoms with E-state index in [0.717, 1.165) is 44.5 Å². The quantitative estimate of drug-likeness (QED) is 0.845. The molecule has 0 spiro atoms. The van der Waals surface area contributed by atoms with Crippen LogP contribution in [0, 0.1) is 5.41 Å². The highest BCUT2D eigenvalue weighted by atomic mass is 16.2. The number of hydrogen-bond acceptors (Lipinski definition) is 3. The minimum Gasteiger partial charge on any atom is -0.355 e. The lowest BCUT2D eigenvalue weighted by molar-refractivity contribution is -0.132. The number of carbonyl (C=O) groups is 1. The number of hydrogen-bond donors (Lipinski definition) is 2. The van der Waals surface area contributed by atoms with E-state index >= 15 is 0 Å². The molecule has 104 valence electrons.